The highest BCUT2D eigenvalue weighted by Gasteiger charge is 2.29. The average molecular weight is 288 g/mol. The summed E-state index contributed by atoms with van der Waals surface area (Å²) in [6, 6.07) is 8.38. The van der Waals surface area contributed by atoms with E-state index in [1.54, 1.807) is 0 Å². The quantitative estimate of drug-likeness (QED) is 0.895. The molecular weight excluding hydrogens is 264 g/mol. The fraction of sp³-hybridized carbons (Fsp3) is 0.588. The molecule has 4 nitrogen and oxygen atoms in total. The van der Waals surface area contributed by atoms with Crippen LogP contribution >= 0.6 is 0 Å². The molecule has 2 heterocycles. The summed E-state index contributed by atoms with van der Waals surface area (Å²) in [6.45, 7) is 5.54. The molecule has 114 valence electrons. The predicted octanol–water partition coefficient (Wildman–Crippen LogP) is 1.42. The van der Waals surface area contributed by atoms with Crippen molar-refractivity contribution in [2.75, 3.05) is 26.2 Å². The van der Waals surface area contributed by atoms with Crippen molar-refractivity contribution in [3.05, 3.63) is 35.4 Å². The summed E-state index contributed by atoms with van der Waals surface area (Å²) in [6.07, 6.45) is 2.46. The predicted molar refractivity (Wildman–Crippen MR) is 81.9 cm³/mol. The summed E-state index contributed by atoms with van der Waals surface area (Å²) >= 11 is 0. The molecule has 0 saturated carbocycles. The van der Waals surface area contributed by atoms with Crippen LogP contribution in [0.5, 0.6) is 0 Å². The summed E-state index contributed by atoms with van der Waals surface area (Å²) in [7, 11) is 0. The smallest absolute Gasteiger partial charge is 0.237 e. The second-order valence-corrected chi connectivity index (χ2v) is 6.61. The van der Waals surface area contributed by atoms with Gasteiger partial charge >= 0.3 is 0 Å². The molecule has 0 aliphatic carbocycles. The second-order valence-electron chi connectivity index (χ2n) is 6.61. The topological polar surface area (TPSA) is 43.8 Å². The molecule has 21 heavy (non-hydrogen) atoms. The Bertz CT molecular complexity index is 517. The van der Waals surface area contributed by atoms with E-state index in [9.17, 15) is 9.90 Å². The van der Waals surface area contributed by atoms with Gasteiger partial charge in [0.25, 0.3) is 0 Å². The van der Waals surface area contributed by atoms with Gasteiger partial charge in [-0.05, 0) is 37.3 Å². The lowest BCUT2D eigenvalue weighted by atomic mass is 9.94. The molecule has 1 aromatic carbocycles. The minimum atomic E-state index is -0.552. The molecule has 2 aliphatic heterocycles. The minimum Gasteiger partial charge on any atom is -0.390 e. The van der Waals surface area contributed by atoms with Crippen LogP contribution in [0.25, 0.3) is 0 Å². The fourth-order valence-electron chi connectivity index (χ4n) is 3.19. The van der Waals surface area contributed by atoms with Crippen LogP contribution < -0.4 is 0 Å². The molecular formula is C17H24N2O2. The first-order chi connectivity index (χ1) is 10.0. The number of fused-ring (bicyclic) bond motifs is 1. The highest BCUT2D eigenvalue weighted by atomic mass is 16.3. The first-order valence-corrected chi connectivity index (χ1v) is 7.83. The lowest BCUT2D eigenvalue weighted by Crippen LogP contribution is -2.48. The number of hydrogen-bond donors (Lipinski definition) is 1. The van der Waals surface area contributed by atoms with Crippen molar-refractivity contribution in [2.45, 2.75) is 38.3 Å². The highest BCUT2D eigenvalue weighted by Crippen LogP contribution is 2.22. The zero-order chi connectivity index (χ0) is 14.9. The van der Waals surface area contributed by atoms with E-state index >= 15 is 0 Å². The fourth-order valence-corrected chi connectivity index (χ4v) is 3.19. The Kier molecular flexibility index (Phi) is 4.00. The van der Waals surface area contributed by atoms with Gasteiger partial charge in [0.2, 0.25) is 5.91 Å². The number of piperidine rings is 1. The van der Waals surface area contributed by atoms with Crippen LogP contribution in [0.1, 0.15) is 30.9 Å². The van der Waals surface area contributed by atoms with E-state index in [4.69, 9.17) is 0 Å². The zero-order valence-electron chi connectivity index (χ0n) is 12.7. The van der Waals surface area contributed by atoms with Crippen molar-refractivity contribution in [1.82, 2.24) is 9.80 Å². The number of rotatable bonds is 2. The lowest BCUT2D eigenvalue weighted by Gasteiger charge is -2.37. The highest BCUT2D eigenvalue weighted by molar-refractivity contribution is 5.78. The Morgan fingerprint density at radius 3 is 2.57 bits per heavy atom. The van der Waals surface area contributed by atoms with Gasteiger partial charge in [0, 0.05) is 26.2 Å². The number of carbonyl (C=O) groups is 1. The van der Waals surface area contributed by atoms with Crippen LogP contribution in [-0.4, -0.2) is 52.6 Å². The molecule has 1 aromatic rings. The van der Waals surface area contributed by atoms with Crippen molar-refractivity contribution in [3.8, 4) is 0 Å². The van der Waals surface area contributed by atoms with Crippen molar-refractivity contribution >= 4 is 5.91 Å². The van der Waals surface area contributed by atoms with E-state index in [1.165, 1.54) is 11.1 Å². The van der Waals surface area contributed by atoms with Gasteiger partial charge in [0.1, 0.15) is 0 Å². The van der Waals surface area contributed by atoms with Crippen molar-refractivity contribution in [1.29, 1.82) is 0 Å². The second kappa shape index (κ2) is 5.78. The van der Waals surface area contributed by atoms with Crippen molar-refractivity contribution < 1.29 is 9.90 Å². The summed E-state index contributed by atoms with van der Waals surface area (Å²) in [5.74, 6) is 0.214. The summed E-state index contributed by atoms with van der Waals surface area (Å²) in [5.41, 5.74) is 2.10. The third-order valence-electron chi connectivity index (χ3n) is 4.78. The van der Waals surface area contributed by atoms with Gasteiger partial charge in [-0.3, -0.25) is 9.69 Å². The molecule has 0 spiro atoms. The first-order valence-electron chi connectivity index (χ1n) is 7.83. The molecule has 0 bridgehead atoms. The number of likely N-dealkylation sites (tertiary alicyclic amines) is 1. The van der Waals surface area contributed by atoms with Crippen LogP contribution in [0.15, 0.2) is 24.3 Å². The van der Waals surface area contributed by atoms with Crippen LogP contribution in [0.3, 0.4) is 0 Å². The molecule has 1 saturated heterocycles. The van der Waals surface area contributed by atoms with Crippen LogP contribution in [0.2, 0.25) is 0 Å². The van der Waals surface area contributed by atoms with E-state index in [0.29, 0.717) is 6.54 Å². The largest absolute Gasteiger partial charge is 0.390 e. The molecule has 0 atom stereocenters. The van der Waals surface area contributed by atoms with Crippen LogP contribution in [0, 0.1) is 0 Å². The number of nitrogens with zero attached hydrogens (tertiary/aromatic N) is 2. The monoisotopic (exact) mass is 288 g/mol. The summed E-state index contributed by atoms with van der Waals surface area (Å²) in [5, 5.41) is 9.96. The Labute approximate surface area is 126 Å². The van der Waals surface area contributed by atoms with Gasteiger partial charge in [-0.15, -0.1) is 0 Å². The molecule has 0 aromatic heterocycles. The third kappa shape index (κ3) is 3.44. The van der Waals surface area contributed by atoms with Gasteiger partial charge in [-0.2, -0.15) is 0 Å². The molecule has 0 unspecified atom stereocenters. The first kappa shape index (κ1) is 14.5. The molecule has 4 heteroatoms. The van der Waals surface area contributed by atoms with Crippen molar-refractivity contribution in [2.24, 2.45) is 0 Å². The Morgan fingerprint density at radius 1 is 1.19 bits per heavy atom. The third-order valence-corrected chi connectivity index (χ3v) is 4.78. The van der Waals surface area contributed by atoms with E-state index in [2.05, 4.69) is 23.1 Å². The normalized spacial score (nSPS) is 21.9. The Hall–Kier alpha value is -1.39. The average Bonchev–Trinajstić information content (AvgIpc) is 2.49. The van der Waals surface area contributed by atoms with E-state index in [1.807, 2.05) is 17.9 Å². The van der Waals surface area contributed by atoms with Gasteiger partial charge in [0.15, 0.2) is 0 Å². The maximum atomic E-state index is 12.5. The van der Waals surface area contributed by atoms with E-state index in [-0.39, 0.29) is 5.91 Å². The van der Waals surface area contributed by atoms with Crippen molar-refractivity contribution in [3.63, 3.8) is 0 Å². The van der Waals surface area contributed by atoms with E-state index in [0.717, 1.165) is 45.4 Å². The molecule has 1 amide bonds. The number of aliphatic hydroxyl groups is 1. The van der Waals surface area contributed by atoms with E-state index < -0.39 is 5.60 Å². The summed E-state index contributed by atoms with van der Waals surface area (Å²) in [4.78, 5) is 16.6. The van der Waals surface area contributed by atoms with Crippen LogP contribution in [0.4, 0.5) is 0 Å². The lowest BCUT2D eigenvalue weighted by molar-refractivity contribution is -0.134. The standard InChI is InChI=1S/C17H24N2O2/c1-17(21)7-10-18(11-8-17)13-16(20)19-9-6-14-4-2-3-5-15(14)12-19/h2-5,21H,6-13H2,1H3. The van der Waals surface area contributed by atoms with Crippen LogP contribution in [-0.2, 0) is 17.8 Å². The number of carbonyl (C=O) groups excluding carboxylic acids is 1. The van der Waals surface area contributed by atoms with Gasteiger partial charge in [-0.25, -0.2) is 0 Å². The van der Waals surface area contributed by atoms with Gasteiger partial charge in [-0.1, -0.05) is 24.3 Å². The maximum absolute atomic E-state index is 12.5. The van der Waals surface area contributed by atoms with Gasteiger partial charge in [0.05, 0.1) is 12.1 Å². The molecule has 2 aliphatic rings. The molecule has 3 rings (SSSR count). The number of benzene rings is 1. The Morgan fingerprint density at radius 2 is 1.86 bits per heavy atom. The zero-order valence-corrected chi connectivity index (χ0v) is 12.7. The molecule has 1 fully saturated rings. The number of amides is 1. The minimum absolute atomic E-state index is 0.214. The molecule has 0 radical (unpaired) electrons. The van der Waals surface area contributed by atoms with Gasteiger partial charge < -0.3 is 10.0 Å². The Balaban J connectivity index is 1.55. The maximum Gasteiger partial charge on any atom is 0.237 e. The summed E-state index contributed by atoms with van der Waals surface area (Å²) < 4.78 is 0. The molecule has 1 N–H and O–H groups in total. The number of hydrogen-bond acceptors (Lipinski definition) is 3. The SMILES string of the molecule is CC1(O)CCN(CC(=O)N2CCc3ccccc3C2)CC1.